The first-order chi connectivity index (χ1) is 14.0. The molecule has 2 aromatic rings. The van der Waals surface area contributed by atoms with Crippen LogP contribution < -0.4 is 4.90 Å². The highest BCUT2D eigenvalue weighted by Gasteiger charge is 2.27. The predicted octanol–water partition coefficient (Wildman–Crippen LogP) is 2.93. The van der Waals surface area contributed by atoms with E-state index in [9.17, 15) is 13.6 Å². The predicted molar refractivity (Wildman–Crippen MR) is 115 cm³/mol. The van der Waals surface area contributed by atoms with Crippen LogP contribution in [0.25, 0.3) is 11.4 Å². The van der Waals surface area contributed by atoms with Gasteiger partial charge < -0.3 is 14.9 Å². The summed E-state index contributed by atoms with van der Waals surface area (Å²) in [6, 6.07) is 1.96. The number of rotatable bonds is 3. The maximum atomic E-state index is 14.5. The van der Waals surface area contributed by atoms with Crippen LogP contribution in [0.2, 0.25) is 5.02 Å². The van der Waals surface area contributed by atoms with Gasteiger partial charge in [-0.2, -0.15) is 11.8 Å². The molecule has 0 atom stereocenters. The zero-order valence-corrected chi connectivity index (χ0v) is 18.3. The van der Waals surface area contributed by atoms with E-state index in [1.54, 1.807) is 16.7 Å². The molecular formula is C19H20Cl2F2N4O2S. The molecule has 0 saturated carbocycles. The zero-order chi connectivity index (χ0) is 20.5. The number of halogens is 4. The number of amides is 1. The summed E-state index contributed by atoms with van der Waals surface area (Å²) in [4.78, 5) is 24.5. The average Bonchev–Trinajstić information content (AvgIpc) is 2.75. The third kappa shape index (κ3) is 4.49. The van der Waals surface area contributed by atoms with Gasteiger partial charge in [0, 0.05) is 37.5 Å². The number of benzene rings is 1. The topological polar surface area (TPSA) is 69.6 Å². The van der Waals surface area contributed by atoms with Crippen LogP contribution in [-0.4, -0.2) is 64.4 Å². The fourth-order valence-electron chi connectivity index (χ4n) is 3.58. The first kappa shape index (κ1) is 23.0. The molecule has 1 saturated heterocycles. The van der Waals surface area contributed by atoms with Crippen molar-refractivity contribution in [3.05, 3.63) is 40.0 Å². The van der Waals surface area contributed by atoms with Crippen molar-refractivity contribution < 1.29 is 18.7 Å². The molecule has 6 nitrogen and oxygen atoms in total. The Kier molecular flexibility index (Phi) is 7.38. The van der Waals surface area contributed by atoms with Crippen molar-refractivity contribution in [1.29, 1.82) is 0 Å². The van der Waals surface area contributed by atoms with E-state index >= 15 is 0 Å². The number of anilines is 1. The molecule has 1 amide bonds. The van der Waals surface area contributed by atoms with Crippen LogP contribution in [0.1, 0.15) is 11.3 Å². The van der Waals surface area contributed by atoms with Crippen LogP contribution in [0.5, 0.6) is 0 Å². The van der Waals surface area contributed by atoms with Crippen LogP contribution >= 0.6 is 35.8 Å². The number of aliphatic hydroxyl groups excluding tert-OH is 1. The molecule has 0 radical (unpaired) electrons. The van der Waals surface area contributed by atoms with E-state index < -0.39 is 18.2 Å². The molecule has 1 N–H and O–H groups in total. The van der Waals surface area contributed by atoms with E-state index in [1.165, 1.54) is 0 Å². The molecule has 0 unspecified atom stereocenters. The number of hydrogen-bond acceptors (Lipinski definition) is 6. The number of piperazine rings is 1. The fraction of sp³-hybridized carbons (Fsp3) is 0.421. The molecule has 0 aliphatic carbocycles. The number of nitrogens with zero attached hydrogens (tertiary/aromatic N) is 4. The summed E-state index contributed by atoms with van der Waals surface area (Å²) in [5.41, 5.74) is 1.81. The molecule has 0 bridgehead atoms. The number of aromatic nitrogens is 2. The molecule has 2 aliphatic heterocycles. The van der Waals surface area contributed by atoms with Crippen LogP contribution in [-0.2, 0) is 17.0 Å². The van der Waals surface area contributed by atoms with Gasteiger partial charge >= 0.3 is 0 Å². The third-order valence-electron chi connectivity index (χ3n) is 5.12. The minimum absolute atomic E-state index is 0. The molecule has 162 valence electrons. The van der Waals surface area contributed by atoms with Crippen molar-refractivity contribution in [2.45, 2.75) is 12.2 Å². The SMILES string of the molecule is Cl.O=C(CO)N1CCN(c2nc(-c3cc(F)c(Cl)cc3F)nc3c2CCSC3)CC1. The third-order valence-corrected chi connectivity index (χ3v) is 6.38. The Balaban J connectivity index is 0.00000256. The smallest absolute Gasteiger partial charge is 0.248 e. The Morgan fingerprint density at radius 3 is 2.60 bits per heavy atom. The van der Waals surface area contributed by atoms with Crippen LogP contribution in [0.4, 0.5) is 14.6 Å². The quantitative estimate of drug-likeness (QED) is 0.686. The highest BCUT2D eigenvalue weighted by Crippen LogP contribution is 2.34. The number of aliphatic hydroxyl groups is 1. The number of carbonyl (C=O) groups is 1. The van der Waals surface area contributed by atoms with E-state index in [0.29, 0.717) is 37.7 Å². The Labute approximate surface area is 188 Å². The second-order valence-corrected chi connectivity index (χ2v) is 8.38. The highest BCUT2D eigenvalue weighted by atomic mass is 35.5. The molecular weight excluding hydrogens is 457 g/mol. The van der Waals surface area contributed by atoms with Gasteiger partial charge in [-0.05, 0) is 24.3 Å². The van der Waals surface area contributed by atoms with E-state index in [-0.39, 0.29) is 34.7 Å². The Morgan fingerprint density at radius 1 is 1.17 bits per heavy atom. The standard InChI is InChI=1S/C19H19ClF2N4O2S.ClH/c20-13-8-14(21)12(7-15(13)22)18-23-16-10-29-6-1-11(16)19(24-18)26-4-2-25(3-5-26)17(28)9-27;/h7-8,27H,1-6,9-10H2;1H. The van der Waals surface area contributed by atoms with Gasteiger partial charge in [-0.1, -0.05) is 11.6 Å². The van der Waals surface area contributed by atoms with Crippen LogP contribution in [0.3, 0.4) is 0 Å². The first-order valence-corrected chi connectivity index (χ1v) is 10.8. The lowest BCUT2D eigenvalue weighted by Crippen LogP contribution is -2.50. The summed E-state index contributed by atoms with van der Waals surface area (Å²) in [6.07, 6.45) is 0.795. The van der Waals surface area contributed by atoms with E-state index in [2.05, 4.69) is 9.97 Å². The number of hydrogen-bond donors (Lipinski definition) is 1. The summed E-state index contributed by atoms with van der Waals surface area (Å²) >= 11 is 7.41. The minimum atomic E-state index is -0.726. The van der Waals surface area contributed by atoms with Crippen molar-refractivity contribution >= 4 is 47.5 Å². The van der Waals surface area contributed by atoms with Crippen LogP contribution in [0, 0.1) is 11.6 Å². The van der Waals surface area contributed by atoms with Gasteiger partial charge in [-0.25, -0.2) is 18.7 Å². The van der Waals surface area contributed by atoms with Crippen molar-refractivity contribution in [2.75, 3.05) is 43.4 Å². The van der Waals surface area contributed by atoms with Gasteiger partial charge in [0.1, 0.15) is 24.1 Å². The Morgan fingerprint density at radius 2 is 1.90 bits per heavy atom. The van der Waals surface area contributed by atoms with Crippen LogP contribution in [0.15, 0.2) is 12.1 Å². The largest absolute Gasteiger partial charge is 0.387 e. The summed E-state index contributed by atoms with van der Waals surface area (Å²) in [7, 11) is 0. The van der Waals surface area contributed by atoms with Crippen molar-refractivity contribution in [2.24, 2.45) is 0 Å². The second-order valence-electron chi connectivity index (χ2n) is 6.87. The summed E-state index contributed by atoms with van der Waals surface area (Å²) in [6.45, 7) is 1.50. The molecule has 0 spiro atoms. The van der Waals surface area contributed by atoms with Gasteiger partial charge in [-0.15, -0.1) is 12.4 Å². The van der Waals surface area contributed by atoms with E-state index in [1.807, 2.05) is 4.90 Å². The van der Waals surface area contributed by atoms with Gasteiger partial charge in [0.2, 0.25) is 5.91 Å². The molecule has 1 fully saturated rings. The average molecular weight is 477 g/mol. The van der Waals surface area contributed by atoms with Gasteiger partial charge in [0.15, 0.2) is 5.82 Å². The summed E-state index contributed by atoms with van der Waals surface area (Å²) in [5, 5.41) is 8.77. The summed E-state index contributed by atoms with van der Waals surface area (Å²) < 4.78 is 28.4. The maximum Gasteiger partial charge on any atom is 0.248 e. The van der Waals surface area contributed by atoms with Gasteiger partial charge in [0.25, 0.3) is 0 Å². The van der Waals surface area contributed by atoms with E-state index in [0.717, 1.165) is 35.6 Å². The fourth-order valence-corrected chi connectivity index (χ4v) is 4.65. The molecule has 11 heteroatoms. The Hall–Kier alpha value is -1.68. The minimum Gasteiger partial charge on any atom is -0.387 e. The van der Waals surface area contributed by atoms with Crippen molar-refractivity contribution in [3.8, 4) is 11.4 Å². The second kappa shape index (κ2) is 9.64. The lowest BCUT2D eigenvalue weighted by atomic mass is 10.1. The molecule has 1 aromatic carbocycles. The molecule has 30 heavy (non-hydrogen) atoms. The monoisotopic (exact) mass is 476 g/mol. The number of fused-ring (bicyclic) bond motifs is 1. The van der Waals surface area contributed by atoms with Crippen molar-refractivity contribution in [1.82, 2.24) is 14.9 Å². The Bertz CT molecular complexity index is 959. The first-order valence-electron chi connectivity index (χ1n) is 9.24. The number of thioether (sulfide) groups is 1. The zero-order valence-electron chi connectivity index (χ0n) is 15.9. The molecule has 3 heterocycles. The molecule has 1 aromatic heterocycles. The van der Waals surface area contributed by atoms with Crippen molar-refractivity contribution in [3.63, 3.8) is 0 Å². The highest BCUT2D eigenvalue weighted by molar-refractivity contribution is 7.98. The lowest BCUT2D eigenvalue weighted by Gasteiger charge is -2.36. The normalized spacial score (nSPS) is 16.1. The molecule has 2 aliphatic rings. The molecule has 4 rings (SSSR count). The van der Waals surface area contributed by atoms with Gasteiger partial charge in [0.05, 0.1) is 16.3 Å². The number of carbonyl (C=O) groups excluding carboxylic acids is 1. The lowest BCUT2D eigenvalue weighted by molar-refractivity contribution is -0.134. The van der Waals surface area contributed by atoms with E-state index in [4.69, 9.17) is 16.7 Å². The van der Waals surface area contributed by atoms with Gasteiger partial charge in [-0.3, -0.25) is 4.79 Å². The maximum absolute atomic E-state index is 14.5. The summed E-state index contributed by atoms with van der Waals surface area (Å²) in [5.74, 6) is 0.749.